The molecule has 7 heteroatoms. The minimum absolute atomic E-state index is 0.153. The van der Waals surface area contributed by atoms with E-state index in [1.807, 2.05) is 71.6 Å². The fourth-order valence-electron chi connectivity index (χ4n) is 3.19. The zero-order chi connectivity index (χ0) is 20.9. The number of hydrogen-bond acceptors (Lipinski definition) is 4. The molecule has 0 aliphatic rings. The number of hydrogen-bond donors (Lipinski definition) is 2. The average Bonchev–Trinajstić information content (AvgIpc) is 3.27. The van der Waals surface area contributed by atoms with E-state index in [4.69, 9.17) is 21.4 Å². The van der Waals surface area contributed by atoms with Crippen LogP contribution in [-0.4, -0.2) is 22.1 Å². The summed E-state index contributed by atoms with van der Waals surface area (Å²) in [6.07, 6.45) is 1.62. The van der Waals surface area contributed by atoms with Crippen LogP contribution in [0.3, 0.4) is 0 Å². The van der Waals surface area contributed by atoms with Crippen LogP contribution in [0.4, 0.5) is 5.69 Å². The number of thiocarbonyl (C=S) groups is 1. The van der Waals surface area contributed by atoms with Crippen LogP contribution in [0.15, 0.2) is 82.2 Å². The Bertz CT molecular complexity index is 1200. The van der Waals surface area contributed by atoms with Gasteiger partial charge in [-0.15, -0.1) is 0 Å². The Morgan fingerprint density at radius 1 is 1.10 bits per heavy atom. The van der Waals surface area contributed by atoms with Crippen LogP contribution >= 0.6 is 12.2 Å². The smallest absolute Gasteiger partial charge is 0.253 e. The molecule has 0 amide bonds. The highest BCUT2D eigenvalue weighted by Gasteiger charge is 2.16. The van der Waals surface area contributed by atoms with Crippen molar-refractivity contribution in [3.8, 4) is 5.75 Å². The molecule has 0 bridgehead atoms. The number of aromatic amines is 1. The summed E-state index contributed by atoms with van der Waals surface area (Å²) in [6, 6.07) is 20.8. The quantitative estimate of drug-likeness (QED) is 0.448. The highest BCUT2D eigenvalue weighted by molar-refractivity contribution is 7.80. The molecule has 2 heterocycles. The number of furan rings is 1. The number of nitrogens with zero attached hydrogens (tertiary/aromatic N) is 1. The van der Waals surface area contributed by atoms with E-state index in [9.17, 15) is 4.79 Å². The SMILES string of the molecule is COc1ccc2[nH]c(=O)c(CN(Cc3ccco3)C(=S)Nc3ccccc3)cc2c1. The molecular formula is C23H21N3O3S. The van der Waals surface area contributed by atoms with Crippen LogP contribution in [0.2, 0.25) is 0 Å². The highest BCUT2D eigenvalue weighted by Crippen LogP contribution is 2.20. The Kier molecular flexibility index (Phi) is 5.81. The first-order valence-corrected chi connectivity index (χ1v) is 9.86. The molecule has 0 atom stereocenters. The molecule has 0 fully saturated rings. The second kappa shape index (κ2) is 8.84. The zero-order valence-corrected chi connectivity index (χ0v) is 17.2. The van der Waals surface area contributed by atoms with Crippen LogP contribution in [0.25, 0.3) is 10.9 Å². The lowest BCUT2D eigenvalue weighted by Gasteiger charge is -2.25. The maximum absolute atomic E-state index is 12.7. The van der Waals surface area contributed by atoms with Gasteiger partial charge >= 0.3 is 0 Å². The van der Waals surface area contributed by atoms with E-state index in [1.54, 1.807) is 13.4 Å². The normalized spacial score (nSPS) is 10.7. The van der Waals surface area contributed by atoms with E-state index in [-0.39, 0.29) is 5.56 Å². The van der Waals surface area contributed by atoms with Crippen molar-refractivity contribution in [3.05, 3.63) is 94.7 Å². The average molecular weight is 420 g/mol. The number of pyridine rings is 1. The predicted octanol–water partition coefficient (Wildman–Crippen LogP) is 4.53. The molecule has 30 heavy (non-hydrogen) atoms. The Hall–Kier alpha value is -3.58. The Morgan fingerprint density at radius 2 is 1.93 bits per heavy atom. The fourth-order valence-corrected chi connectivity index (χ4v) is 3.44. The van der Waals surface area contributed by atoms with E-state index in [2.05, 4.69) is 10.3 Å². The lowest BCUT2D eigenvalue weighted by molar-refractivity contribution is 0.359. The lowest BCUT2D eigenvalue weighted by atomic mass is 10.1. The van der Waals surface area contributed by atoms with Crippen LogP contribution in [-0.2, 0) is 13.1 Å². The van der Waals surface area contributed by atoms with E-state index < -0.39 is 0 Å². The molecule has 0 aliphatic heterocycles. The number of para-hydroxylation sites is 1. The molecule has 4 rings (SSSR count). The molecular weight excluding hydrogens is 398 g/mol. The van der Waals surface area contributed by atoms with Crippen molar-refractivity contribution in [1.29, 1.82) is 0 Å². The van der Waals surface area contributed by atoms with Gasteiger partial charge in [-0.1, -0.05) is 18.2 Å². The molecule has 2 aromatic carbocycles. The third kappa shape index (κ3) is 4.52. The van der Waals surface area contributed by atoms with Gasteiger partial charge in [-0.05, 0) is 60.7 Å². The van der Waals surface area contributed by atoms with Crippen LogP contribution < -0.4 is 15.6 Å². The minimum Gasteiger partial charge on any atom is -0.497 e. The van der Waals surface area contributed by atoms with Crippen molar-refractivity contribution in [2.45, 2.75) is 13.1 Å². The van der Waals surface area contributed by atoms with Gasteiger partial charge in [0.15, 0.2) is 5.11 Å². The first kappa shape index (κ1) is 19.7. The van der Waals surface area contributed by atoms with Crippen LogP contribution in [0.1, 0.15) is 11.3 Å². The van der Waals surface area contributed by atoms with Gasteiger partial charge in [-0.3, -0.25) is 4.79 Å². The molecule has 6 nitrogen and oxygen atoms in total. The summed E-state index contributed by atoms with van der Waals surface area (Å²) in [5.41, 5.74) is 2.08. The van der Waals surface area contributed by atoms with E-state index >= 15 is 0 Å². The standard InChI is InChI=1S/C23H21N3O3S/c1-28-19-9-10-21-16(13-19)12-17(22(27)25-21)14-26(15-20-8-5-11-29-20)23(30)24-18-6-3-2-4-7-18/h2-13H,14-15H2,1H3,(H,24,30)(H,25,27). The molecule has 2 aromatic heterocycles. The van der Waals surface area contributed by atoms with Gasteiger partial charge in [-0.25, -0.2) is 0 Å². The summed E-state index contributed by atoms with van der Waals surface area (Å²) in [5.74, 6) is 1.49. The number of rotatable bonds is 6. The number of methoxy groups -OCH3 is 1. The molecule has 4 aromatic rings. The van der Waals surface area contributed by atoms with Crippen molar-refractivity contribution in [2.75, 3.05) is 12.4 Å². The number of fused-ring (bicyclic) bond motifs is 1. The first-order chi connectivity index (χ1) is 14.6. The van der Waals surface area contributed by atoms with Crippen LogP contribution in [0, 0.1) is 0 Å². The fraction of sp³-hybridized carbons (Fsp3) is 0.130. The minimum atomic E-state index is -0.153. The second-order valence-corrected chi connectivity index (χ2v) is 7.20. The number of aromatic nitrogens is 1. The van der Waals surface area contributed by atoms with Crippen molar-refractivity contribution in [1.82, 2.24) is 9.88 Å². The van der Waals surface area contributed by atoms with Gasteiger partial charge in [-0.2, -0.15) is 0 Å². The molecule has 0 aliphatic carbocycles. The summed E-state index contributed by atoms with van der Waals surface area (Å²) >= 11 is 5.65. The third-order valence-corrected chi connectivity index (χ3v) is 5.09. The van der Waals surface area contributed by atoms with E-state index in [0.717, 1.165) is 28.1 Å². The van der Waals surface area contributed by atoms with Gasteiger partial charge in [0.25, 0.3) is 5.56 Å². The summed E-state index contributed by atoms with van der Waals surface area (Å²) in [5, 5.41) is 4.63. The number of ether oxygens (including phenoxy) is 1. The van der Waals surface area contributed by atoms with Gasteiger partial charge in [0, 0.05) is 22.2 Å². The van der Waals surface area contributed by atoms with Gasteiger partial charge in [0.1, 0.15) is 11.5 Å². The molecule has 0 radical (unpaired) electrons. The third-order valence-electron chi connectivity index (χ3n) is 4.73. The number of benzene rings is 2. The molecule has 0 saturated heterocycles. The summed E-state index contributed by atoms with van der Waals surface area (Å²) in [4.78, 5) is 17.5. The highest BCUT2D eigenvalue weighted by atomic mass is 32.1. The Balaban J connectivity index is 1.64. The van der Waals surface area contributed by atoms with E-state index in [0.29, 0.717) is 23.8 Å². The second-order valence-electron chi connectivity index (χ2n) is 6.81. The van der Waals surface area contributed by atoms with E-state index in [1.165, 1.54) is 0 Å². The molecule has 152 valence electrons. The van der Waals surface area contributed by atoms with Crippen molar-refractivity contribution in [2.24, 2.45) is 0 Å². The van der Waals surface area contributed by atoms with Crippen LogP contribution in [0.5, 0.6) is 5.75 Å². The lowest BCUT2D eigenvalue weighted by Crippen LogP contribution is -2.35. The first-order valence-electron chi connectivity index (χ1n) is 9.46. The number of anilines is 1. The largest absolute Gasteiger partial charge is 0.497 e. The van der Waals surface area contributed by atoms with Gasteiger partial charge in [0.2, 0.25) is 0 Å². The summed E-state index contributed by atoms with van der Waals surface area (Å²) < 4.78 is 10.8. The molecule has 2 N–H and O–H groups in total. The Labute approximate surface area is 179 Å². The molecule has 0 unspecified atom stereocenters. The summed E-state index contributed by atoms with van der Waals surface area (Å²) in [7, 11) is 1.62. The Morgan fingerprint density at radius 3 is 2.67 bits per heavy atom. The zero-order valence-electron chi connectivity index (χ0n) is 16.4. The topological polar surface area (TPSA) is 70.5 Å². The summed E-state index contributed by atoms with van der Waals surface area (Å²) in [6.45, 7) is 0.753. The van der Waals surface area contributed by atoms with Crippen molar-refractivity contribution >= 4 is 33.9 Å². The maximum atomic E-state index is 12.7. The monoisotopic (exact) mass is 419 g/mol. The molecule has 0 saturated carbocycles. The number of H-pyrrole nitrogens is 1. The van der Waals surface area contributed by atoms with Gasteiger partial charge in [0.05, 0.1) is 26.5 Å². The molecule has 0 spiro atoms. The van der Waals surface area contributed by atoms with Crippen molar-refractivity contribution in [3.63, 3.8) is 0 Å². The maximum Gasteiger partial charge on any atom is 0.253 e. The number of nitrogens with one attached hydrogen (secondary N) is 2. The predicted molar refractivity (Wildman–Crippen MR) is 122 cm³/mol. The van der Waals surface area contributed by atoms with Crippen molar-refractivity contribution < 1.29 is 9.15 Å². The van der Waals surface area contributed by atoms with Gasteiger partial charge < -0.3 is 24.4 Å².